The third-order valence-electron chi connectivity index (χ3n) is 2.26. The smallest absolute Gasteiger partial charge is 0.128 e. The zero-order chi connectivity index (χ0) is 13.2. The fraction of sp³-hybridized carbons (Fsp3) is 0.429. The summed E-state index contributed by atoms with van der Waals surface area (Å²) >= 11 is 1.69. The summed E-state index contributed by atoms with van der Waals surface area (Å²) in [5.74, 6) is 6.56. The van der Waals surface area contributed by atoms with Crippen LogP contribution < -0.4 is 0 Å². The Balaban J connectivity index is 2.47. The van der Waals surface area contributed by atoms with Gasteiger partial charge in [-0.1, -0.05) is 17.9 Å². The molecule has 0 radical (unpaired) electrons. The highest BCUT2D eigenvalue weighted by Crippen LogP contribution is 2.17. The van der Waals surface area contributed by atoms with E-state index in [4.69, 9.17) is 9.84 Å². The molecule has 0 bridgehead atoms. The molecule has 1 aromatic rings. The van der Waals surface area contributed by atoms with Crippen molar-refractivity contribution in [1.29, 1.82) is 0 Å². The summed E-state index contributed by atoms with van der Waals surface area (Å²) in [7, 11) is 1.68. The highest BCUT2D eigenvalue weighted by Gasteiger charge is 2.02. The maximum atomic E-state index is 13.7. The summed E-state index contributed by atoms with van der Waals surface area (Å²) < 4.78 is 18.6. The summed E-state index contributed by atoms with van der Waals surface area (Å²) in [5, 5.41) is 8.56. The number of hydrogen-bond acceptors (Lipinski definition) is 3. The van der Waals surface area contributed by atoms with Crippen LogP contribution in [0, 0.1) is 17.7 Å². The first kappa shape index (κ1) is 15.0. The standard InChI is InChI=1S/C14H17FO2S/c1-17-8-3-9-18-11-13-6-5-12(4-2-7-16)10-14(13)15/h5-6,10,16H,3,7-9,11H2,1H3. The molecule has 0 spiro atoms. The van der Waals surface area contributed by atoms with Crippen molar-refractivity contribution in [2.45, 2.75) is 12.2 Å². The molecule has 0 aromatic heterocycles. The number of hydrogen-bond donors (Lipinski definition) is 1. The van der Waals surface area contributed by atoms with Crippen LogP contribution in [-0.4, -0.2) is 31.2 Å². The van der Waals surface area contributed by atoms with E-state index in [9.17, 15) is 4.39 Å². The molecular formula is C14H17FO2S. The van der Waals surface area contributed by atoms with Crippen LogP contribution >= 0.6 is 11.8 Å². The van der Waals surface area contributed by atoms with Gasteiger partial charge in [-0.05, 0) is 29.9 Å². The van der Waals surface area contributed by atoms with Gasteiger partial charge in [-0.3, -0.25) is 0 Å². The summed E-state index contributed by atoms with van der Waals surface area (Å²) in [4.78, 5) is 0. The predicted octanol–water partition coefficient (Wildman–Crippen LogP) is 2.44. The number of aliphatic hydroxyl groups is 1. The lowest BCUT2D eigenvalue weighted by atomic mass is 10.1. The molecule has 1 aromatic carbocycles. The predicted molar refractivity (Wildman–Crippen MR) is 73.0 cm³/mol. The van der Waals surface area contributed by atoms with Gasteiger partial charge in [0, 0.05) is 25.0 Å². The lowest BCUT2D eigenvalue weighted by Crippen LogP contribution is -1.93. The third-order valence-corrected chi connectivity index (χ3v) is 3.35. The van der Waals surface area contributed by atoms with Crippen molar-refractivity contribution in [3.8, 4) is 11.8 Å². The normalized spacial score (nSPS) is 9.94. The van der Waals surface area contributed by atoms with Crippen LogP contribution in [0.2, 0.25) is 0 Å². The van der Waals surface area contributed by atoms with Crippen molar-refractivity contribution in [2.75, 3.05) is 26.1 Å². The average Bonchev–Trinajstić information content (AvgIpc) is 2.38. The molecule has 0 aliphatic rings. The number of halogens is 1. The minimum atomic E-state index is -0.237. The van der Waals surface area contributed by atoms with E-state index in [2.05, 4.69) is 11.8 Å². The van der Waals surface area contributed by atoms with E-state index in [1.54, 1.807) is 31.0 Å². The van der Waals surface area contributed by atoms with E-state index in [1.165, 1.54) is 6.07 Å². The maximum Gasteiger partial charge on any atom is 0.128 e. The number of rotatable bonds is 6. The molecule has 0 fully saturated rings. The molecule has 0 unspecified atom stereocenters. The zero-order valence-electron chi connectivity index (χ0n) is 10.4. The van der Waals surface area contributed by atoms with Crippen molar-refractivity contribution in [2.24, 2.45) is 0 Å². The van der Waals surface area contributed by atoms with Gasteiger partial charge in [0.2, 0.25) is 0 Å². The first-order valence-corrected chi connectivity index (χ1v) is 6.88. The largest absolute Gasteiger partial charge is 0.385 e. The molecule has 0 aliphatic heterocycles. The van der Waals surface area contributed by atoms with Crippen LogP contribution in [0.4, 0.5) is 4.39 Å². The summed E-state index contributed by atoms with van der Waals surface area (Å²) in [6, 6.07) is 4.94. The topological polar surface area (TPSA) is 29.5 Å². The summed E-state index contributed by atoms with van der Waals surface area (Å²) in [6.07, 6.45) is 0.975. The Hall–Kier alpha value is -1.02. The van der Waals surface area contributed by atoms with Crippen molar-refractivity contribution >= 4 is 11.8 Å². The Morgan fingerprint density at radius 3 is 2.94 bits per heavy atom. The van der Waals surface area contributed by atoms with Gasteiger partial charge in [0.05, 0.1) is 0 Å². The zero-order valence-corrected chi connectivity index (χ0v) is 11.2. The van der Waals surface area contributed by atoms with Gasteiger partial charge in [-0.25, -0.2) is 4.39 Å². The first-order valence-electron chi connectivity index (χ1n) is 5.72. The molecule has 0 saturated carbocycles. The highest BCUT2D eigenvalue weighted by molar-refractivity contribution is 7.98. The second-order valence-corrected chi connectivity index (χ2v) is 4.77. The molecule has 0 atom stereocenters. The Kier molecular flexibility index (Phi) is 7.51. The minimum Gasteiger partial charge on any atom is -0.385 e. The van der Waals surface area contributed by atoms with E-state index < -0.39 is 0 Å². The highest BCUT2D eigenvalue weighted by atomic mass is 32.2. The lowest BCUT2D eigenvalue weighted by molar-refractivity contribution is 0.200. The molecule has 1 N–H and O–H groups in total. The Morgan fingerprint density at radius 2 is 2.28 bits per heavy atom. The van der Waals surface area contributed by atoms with E-state index in [0.717, 1.165) is 18.8 Å². The number of thioether (sulfide) groups is 1. The molecule has 98 valence electrons. The Bertz CT molecular complexity index is 424. The first-order chi connectivity index (χ1) is 8.77. The van der Waals surface area contributed by atoms with Gasteiger partial charge in [0.15, 0.2) is 0 Å². The van der Waals surface area contributed by atoms with Gasteiger partial charge in [-0.15, -0.1) is 0 Å². The molecule has 0 saturated heterocycles. The van der Waals surface area contributed by atoms with Gasteiger partial charge in [0.25, 0.3) is 0 Å². The fourth-order valence-electron chi connectivity index (χ4n) is 1.37. The van der Waals surface area contributed by atoms with Crippen molar-refractivity contribution in [3.05, 3.63) is 35.1 Å². The SMILES string of the molecule is COCCCSCc1ccc(C#CCO)cc1F. The summed E-state index contributed by atoms with van der Waals surface area (Å²) in [5.41, 5.74) is 1.28. The quantitative estimate of drug-likeness (QED) is 0.635. The molecule has 0 heterocycles. The second kappa shape index (κ2) is 8.98. The molecule has 0 amide bonds. The van der Waals surface area contributed by atoms with Crippen LogP contribution in [0.3, 0.4) is 0 Å². The van der Waals surface area contributed by atoms with E-state index in [-0.39, 0.29) is 12.4 Å². The second-order valence-electron chi connectivity index (χ2n) is 3.67. The fourth-order valence-corrected chi connectivity index (χ4v) is 2.29. The monoisotopic (exact) mass is 268 g/mol. The molecule has 18 heavy (non-hydrogen) atoms. The number of ether oxygens (including phenoxy) is 1. The van der Waals surface area contributed by atoms with Crippen LogP contribution in [0.15, 0.2) is 18.2 Å². The van der Waals surface area contributed by atoms with Crippen LogP contribution in [0.1, 0.15) is 17.5 Å². The molecule has 0 aliphatic carbocycles. The van der Waals surface area contributed by atoms with Gasteiger partial charge in [0.1, 0.15) is 12.4 Å². The minimum absolute atomic E-state index is 0.210. The molecule has 2 nitrogen and oxygen atoms in total. The maximum absolute atomic E-state index is 13.7. The van der Waals surface area contributed by atoms with Crippen molar-refractivity contribution in [3.63, 3.8) is 0 Å². The molecule has 4 heteroatoms. The van der Waals surface area contributed by atoms with Crippen molar-refractivity contribution in [1.82, 2.24) is 0 Å². The van der Waals surface area contributed by atoms with Gasteiger partial charge >= 0.3 is 0 Å². The van der Waals surface area contributed by atoms with E-state index >= 15 is 0 Å². The third kappa shape index (κ3) is 5.54. The molecular weight excluding hydrogens is 251 g/mol. The number of aliphatic hydroxyl groups excluding tert-OH is 1. The van der Waals surface area contributed by atoms with Crippen LogP contribution in [0.25, 0.3) is 0 Å². The number of benzene rings is 1. The van der Waals surface area contributed by atoms with Crippen molar-refractivity contribution < 1.29 is 14.2 Å². The van der Waals surface area contributed by atoms with E-state index in [1.807, 2.05) is 0 Å². The van der Waals surface area contributed by atoms with E-state index in [0.29, 0.717) is 16.9 Å². The Labute approximate surface area is 112 Å². The van der Waals surface area contributed by atoms with Crippen LogP contribution in [0.5, 0.6) is 0 Å². The average molecular weight is 268 g/mol. The van der Waals surface area contributed by atoms with Gasteiger partial charge < -0.3 is 9.84 Å². The lowest BCUT2D eigenvalue weighted by Gasteiger charge is -2.04. The molecule has 1 rings (SSSR count). The summed E-state index contributed by atoms with van der Waals surface area (Å²) in [6.45, 7) is 0.532. The van der Waals surface area contributed by atoms with Crippen LogP contribution in [-0.2, 0) is 10.5 Å². The van der Waals surface area contributed by atoms with Gasteiger partial charge in [-0.2, -0.15) is 11.8 Å². The Morgan fingerprint density at radius 1 is 1.44 bits per heavy atom. The number of methoxy groups -OCH3 is 1.